The number of hydrogen-bond donors (Lipinski definition) is 2. The zero-order valence-electron chi connectivity index (χ0n) is 20.6. The normalized spacial score (nSPS) is 25.7. The molecule has 1 aliphatic heterocycles. The maximum Gasteiger partial charge on any atom is 0.335 e. The van der Waals surface area contributed by atoms with E-state index in [1.165, 1.54) is 6.07 Å². The summed E-state index contributed by atoms with van der Waals surface area (Å²) in [5.74, 6) is -2.94. The van der Waals surface area contributed by atoms with Gasteiger partial charge in [0.25, 0.3) is 5.92 Å². The Hall–Kier alpha value is -2.70. The number of alkyl halides is 2. The number of aromatic nitrogens is 2. The molecule has 0 spiro atoms. The number of anilines is 1. The SMILES string of the molecule is O=C(O)c1cc(F)c2nc(C3(O)CCC(OCc4c(N5CCC(F)(F)CC5)noc4C4CC4)CC3)sc2c1. The Morgan fingerprint density at radius 2 is 1.87 bits per heavy atom. The van der Waals surface area contributed by atoms with Gasteiger partial charge in [0.1, 0.15) is 21.9 Å². The molecule has 3 aromatic rings. The number of hydrogen-bond acceptors (Lipinski definition) is 8. The van der Waals surface area contributed by atoms with Crippen LogP contribution in [0.3, 0.4) is 0 Å². The molecule has 38 heavy (non-hydrogen) atoms. The van der Waals surface area contributed by atoms with Crippen LogP contribution >= 0.6 is 11.3 Å². The number of carboxylic acids is 1. The van der Waals surface area contributed by atoms with Gasteiger partial charge in [-0.05, 0) is 50.7 Å². The average Bonchev–Trinajstić information content (AvgIpc) is 3.47. The van der Waals surface area contributed by atoms with Crippen LogP contribution in [-0.4, -0.2) is 51.4 Å². The van der Waals surface area contributed by atoms with Crippen molar-refractivity contribution in [1.82, 2.24) is 10.1 Å². The minimum Gasteiger partial charge on any atom is -0.478 e. The molecule has 2 saturated carbocycles. The van der Waals surface area contributed by atoms with E-state index in [0.717, 1.165) is 41.6 Å². The molecule has 2 N–H and O–H groups in total. The van der Waals surface area contributed by atoms with Crippen LogP contribution in [0.1, 0.15) is 84.0 Å². The minimum absolute atomic E-state index is 0.0601. The predicted molar refractivity (Wildman–Crippen MR) is 132 cm³/mol. The maximum atomic E-state index is 14.4. The molecule has 1 saturated heterocycles. The summed E-state index contributed by atoms with van der Waals surface area (Å²) in [5, 5.41) is 25.1. The van der Waals surface area contributed by atoms with Crippen molar-refractivity contribution in [1.29, 1.82) is 0 Å². The molecule has 2 aromatic heterocycles. The van der Waals surface area contributed by atoms with Gasteiger partial charge in [-0.2, -0.15) is 0 Å². The molecule has 6 rings (SSSR count). The zero-order chi connectivity index (χ0) is 26.7. The van der Waals surface area contributed by atoms with Gasteiger partial charge in [-0.15, -0.1) is 11.3 Å². The maximum absolute atomic E-state index is 14.4. The average molecular weight is 552 g/mol. The van der Waals surface area contributed by atoms with E-state index in [2.05, 4.69) is 10.1 Å². The van der Waals surface area contributed by atoms with Gasteiger partial charge in [0.15, 0.2) is 11.6 Å². The Balaban J connectivity index is 1.12. The summed E-state index contributed by atoms with van der Waals surface area (Å²) in [6.45, 7) is 0.679. The fourth-order valence-corrected chi connectivity index (χ4v) is 6.54. The summed E-state index contributed by atoms with van der Waals surface area (Å²) in [4.78, 5) is 17.4. The fourth-order valence-electron chi connectivity index (χ4n) is 5.37. The zero-order valence-corrected chi connectivity index (χ0v) is 21.4. The van der Waals surface area contributed by atoms with Gasteiger partial charge in [-0.25, -0.2) is 22.9 Å². The molecule has 0 radical (unpaired) electrons. The number of carboxylic acid groups (broad SMARTS) is 1. The van der Waals surface area contributed by atoms with E-state index in [0.29, 0.717) is 47.1 Å². The standard InChI is InChI=1S/C26H28F3N3O5S/c27-18-11-15(23(33)34)12-19-20(18)30-24(38-19)25(35)5-3-16(4-6-25)36-13-17-21(14-1-2-14)37-31-22(17)32-9-7-26(28,29)8-10-32/h11-12,14,16,35H,1-10,13H2,(H,33,34). The van der Waals surface area contributed by atoms with Crippen molar-refractivity contribution in [3.63, 3.8) is 0 Å². The van der Waals surface area contributed by atoms with E-state index in [4.69, 9.17) is 9.26 Å². The largest absolute Gasteiger partial charge is 0.478 e. The molecule has 3 aliphatic rings. The Bertz CT molecular complexity index is 1350. The van der Waals surface area contributed by atoms with Crippen LogP contribution in [-0.2, 0) is 16.9 Å². The minimum atomic E-state index is -2.65. The molecule has 2 aliphatic carbocycles. The van der Waals surface area contributed by atoms with Crippen molar-refractivity contribution in [2.45, 2.75) is 81.5 Å². The van der Waals surface area contributed by atoms with Crippen LogP contribution in [0, 0.1) is 5.82 Å². The highest BCUT2D eigenvalue weighted by atomic mass is 32.1. The van der Waals surface area contributed by atoms with Gasteiger partial charge >= 0.3 is 5.97 Å². The van der Waals surface area contributed by atoms with Gasteiger partial charge in [0.05, 0.1) is 28.5 Å². The summed E-state index contributed by atoms with van der Waals surface area (Å²) >= 11 is 1.11. The molecule has 0 unspecified atom stereocenters. The Morgan fingerprint density at radius 1 is 1.16 bits per heavy atom. The van der Waals surface area contributed by atoms with Crippen molar-refractivity contribution in [3.8, 4) is 0 Å². The quantitative estimate of drug-likeness (QED) is 0.392. The van der Waals surface area contributed by atoms with Gasteiger partial charge in [-0.3, -0.25) is 0 Å². The number of carbonyl (C=O) groups is 1. The first kappa shape index (κ1) is 25.6. The number of piperidine rings is 1. The summed E-state index contributed by atoms with van der Waals surface area (Å²) in [7, 11) is 0. The van der Waals surface area contributed by atoms with E-state index in [-0.39, 0.29) is 49.7 Å². The molecule has 1 aromatic carbocycles. The number of benzene rings is 1. The number of fused-ring (bicyclic) bond motifs is 1. The summed E-state index contributed by atoms with van der Waals surface area (Å²) in [5.41, 5.74) is -0.523. The van der Waals surface area contributed by atoms with E-state index in [1.807, 2.05) is 4.90 Å². The number of nitrogens with zero attached hydrogens (tertiary/aromatic N) is 3. The highest BCUT2D eigenvalue weighted by molar-refractivity contribution is 7.18. The lowest BCUT2D eigenvalue weighted by atomic mass is 9.83. The highest BCUT2D eigenvalue weighted by Crippen LogP contribution is 2.46. The summed E-state index contributed by atoms with van der Waals surface area (Å²) in [6, 6.07) is 2.31. The monoisotopic (exact) mass is 551 g/mol. The first-order valence-electron chi connectivity index (χ1n) is 12.9. The van der Waals surface area contributed by atoms with E-state index in [1.54, 1.807) is 0 Å². The number of thiazole rings is 1. The lowest BCUT2D eigenvalue weighted by molar-refractivity contribution is -0.0641. The molecule has 3 fully saturated rings. The number of ether oxygens (including phenoxy) is 1. The first-order valence-corrected chi connectivity index (χ1v) is 13.7. The van der Waals surface area contributed by atoms with Crippen LogP contribution in [0.5, 0.6) is 0 Å². The molecule has 12 heteroatoms. The third kappa shape index (κ3) is 4.89. The predicted octanol–water partition coefficient (Wildman–Crippen LogP) is 5.58. The second kappa shape index (κ2) is 9.49. The summed E-state index contributed by atoms with van der Waals surface area (Å²) < 4.78 is 54.1. The smallest absolute Gasteiger partial charge is 0.335 e. The molecule has 8 nitrogen and oxygen atoms in total. The lowest BCUT2D eigenvalue weighted by Crippen LogP contribution is -2.40. The third-order valence-electron chi connectivity index (χ3n) is 7.86. The van der Waals surface area contributed by atoms with Crippen molar-refractivity contribution < 1.29 is 37.4 Å². The first-order chi connectivity index (χ1) is 18.1. The highest BCUT2D eigenvalue weighted by Gasteiger charge is 2.40. The second-order valence-corrected chi connectivity index (χ2v) is 11.7. The van der Waals surface area contributed by atoms with Gasteiger partial charge in [0, 0.05) is 31.8 Å². The molecule has 0 bridgehead atoms. The Morgan fingerprint density at radius 3 is 2.53 bits per heavy atom. The van der Waals surface area contributed by atoms with Crippen LogP contribution in [0.2, 0.25) is 0 Å². The number of aliphatic hydroxyl groups is 1. The van der Waals surface area contributed by atoms with Crippen LogP contribution < -0.4 is 4.90 Å². The number of halogens is 3. The van der Waals surface area contributed by atoms with Gasteiger partial charge in [0.2, 0.25) is 0 Å². The van der Waals surface area contributed by atoms with Crippen molar-refractivity contribution >= 4 is 33.3 Å². The van der Waals surface area contributed by atoms with E-state index in [9.17, 15) is 28.2 Å². The van der Waals surface area contributed by atoms with Crippen molar-refractivity contribution in [2.75, 3.05) is 18.0 Å². The van der Waals surface area contributed by atoms with E-state index < -0.39 is 23.3 Å². The Kier molecular flexibility index (Phi) is 6.39. The molecule has 0 amide bonds. The Labute approximate surface area is 220 Å². The van der Waals surface area contributed by atoms with Crippen molar-refractivity contribution in [2.24, 2.45) is 0 Å². The summed E-state index contributed by atoms with van der Waals surface area (Å²) in [6.07, 6.45) is 3.26. The second-order valence-electron chi connectivity index (χ2n) is 10.6. The molecular weight excluding hydrogens is 523 g/mol. The molecule has 3 heterocycles. The van der Waals surface area contributed by atoms with Gasteiger partial charge in [-0.1, -0.05) is 5.16 Å². The third-order valence-corrected chi connectivity index (χ3v) is 9.05. The molecule has 0 atom stereocenters. The van der Waals surface area contributed by atoms with Crippen LogP contribution in [0.15, 0.2) is 16.7 Å². The number of rotatable bonds is 7. The van der Waals surface area contributed by atoms with Crippen LogP contribution in [0.4, 0.5) is 19.0 Å². The fraction of sp³-hybridized carbons (Fsp3) is 0.577. The van der Waals surface area contributed by atoms with Crippen molar-refractivity contribution in [3.05, 3.63) is 39.8 Å². The van der Waals surface area contributed by atoms with E-state index >= 15 is 0 Å². The molecular formula is C26H28F3N3O5S. The van der Waals surface area contributed by atoms with Gasteiger partial charge < -0.3 is 24.4 Å². The molecule has 204 valence electrons. The lowest BCUT2D eigenvalue weighted by Gasteiger charge is -2.35. The van der Waals surface area contributed by atoms with Crippen LogP contribution in [0.25, 0.3) is 10.2 Å². The number of aromatic carboxylic acids is 1. The topological polar surface area (TPSA) is 109 Å².